The third-order valence-electron chi connectivity index (χ3n) is 5.53. The Morgan fingerprint density at radius 1 is 1.23 bits per heavy atom. The molecule has 26 heavy (non-hydrogen) atoms. The highest BCUT2D eigenvalue weighted by Crippen LogP contribution is 2.53. The molecule has 0 aromatic heterocycles. The summed E-state index contributed by atoms with van der Waals surface area (Å²) in [7, 11) is 1.54. The van der Waals surface area contributed by atoms with E-state index >= 15 is 0 Å². The van der Waals surface area contributed by atoms with Crippen molar-refractivity contribution in [3.8, 4) is 0 Å². The molecule has 1 N–H and O–H groups in total. The fourth-order valence-corrected chi connectivity index (χ4v) is 4.40. The van der Waals surface area contributed by atoms with E-state index < -0.39 is 4.92 Å². The molecule has 1 heterocycles. The van der Waals surface area contributed by atoms with Gasteiger partial charge in [0.25, 0.3) is 5.69 Å². The first-order valence-corrected chi connectivity index (χ1v) is 8.60. The van der Waals surface area contributed by atoms with Gasteiger partial charge in [0, 0.05) is 19.7 Å². The molecule has 1 aliphatic heterocycles. The van der Waals surface area contributed by atoms with Crippen LogP contribution in [0.5, 0.6) is 0 Å². The van der Waals surface area contributed by atoms with Crippen molar-refractivity contribution in [2.45, 2.75) is 6.42 Å². The number of fused-ring (bicyclic) bond motifs is 5. The molecule has 1 saturated carbocycles. The van der Waals surface area contributed by atoms with Crippen LogP contribution in [0, 0.1) is 33.8 Å². The maximum atomic E-state index is 12.8. The van der Waals surface area contributed by atoms with Crippen molar-refractivity contribution in [3.05, 3.63) is 40.5 Å². The largest absolute Gasteiger partial charge is 0.383 e. The summed E-state index contributed by atoms with van der Waals surface area (Å²) in [6, 6.07) is 4.40. The number of imide groups is 1. The second-order valence-corrected chi connectivity index (χ2v) is 6.89. The van der Waals surface area contributed by atoms with Gasteiger partial charge in [-0.15, -0.1) is 0 Å². The van der Waals surface area contributed by atoms with Gasteiger partial charge in [-0.1, -0.05) is 12.2 Å². The summed E-state index contributed by atoms with van der Waals surface area (Å²) in [5, 5.41) is 14.4. The summed E-state index contributed by atoms with van der Waals surface area (Å²) in [5.41, 5.74) is 0.423. The summed E-state index contributed by atoms with van der Waals surface area (Å²) < 4.78 is 4.93. The van der Waals surface area contributed by atoms with Gasteiger partial charge in [0.1, 0.15) is 5.69 Å². The first kappa shape index (κ1) is 16.7. The maximum absolute atomic E-state index is 12.8. The van der Waals surface area contributed by atoms with E-state index in [9.17, 15) is 19.7 Å². The number of anilines is 2. The van der Waals surface area contributed by atoms with E-state index in [1.54, 1.807) is 13.2 Å². The van der Waals surface area contributed by atoms with E-state index in [4.69, 9.17) is 4.74 Å². The summed E-state index contributed by atoms with van der Waals surface area (Å²) in [4.78, 5) is 37.7. The van der Waals surface area contributed by atoms with Crippen molar-refractivity contribution in [1.82, 2.24) is 0 Å². The van der Waals surface area contributed by atoms with E-state index in [0.717, 1.165) is 11.3 Å². The first-order chi connectivity index (χ1) is 12.5. The lowest BCUT2D eigenvalue weighted by Crippen LogP contribution is -2.32. The van der Waals surface area contributed by atoms with Gasteiger partial charge in [0.15, 0.2) is 0 Å². The molecular weight excluding hydrogens is 338 g/mol. The topological polar surface area (TPSA) is 102 Å². The lowest BCUT2D eigenvalue weighted by atomic mass is 9.85. The second-order valence-electron chi connectivity index (χ2n) is 6.89. The Bertz CT molecular complexity index is 791. The van der Waals surface area contributed by atoms with E-state index in [-0.39, 0.29) is 46.9 Å². The van der Waals surface area contributed by atoms with Crippen molar-refractivity contribution >= 4 is 28.9 Å². The van der Waals surface area contributed by atoms with Crippen LogP contribution in [0.25, 0.3) is 0 Å². The van der Waals surface area contributed by atoms with Crippen LogP contribution in [0.2, 0.25) is 0 Å². The molecule has 4 atom stereocenters. The molecule has 2 bridgehead atoms. The van der Waals surface area contributed by atoms with E-state index in [2.05, 4.69) is 5.32 Å². The number of rotatable bonds is 6. The smallest absolute Gasteiger partial charge is 0.294 e. The molecule has 0 spiro atoms. The molecule has 1 aromatic carbocycles. The number of nitrogens with one attached hydrogen (secondary N) is 1. The minimum Gasteiger partial charge on any atom is -0.383 e. The zero-order valence-electron chi connectivity index (χ0n) is 14.3. The van der Waals surface area contributed by atoms with E-state index in [1.165, 1.54) is 12.1 Å². The molecule has 2 fully saturated rings. The predicted octanol–water partition coefficient (Wildman–Crippen LogP) is 1.96. The molecule has 8 nitrogen and oxygen atoms in total. The lowest BCUT2D eigenvalue weighted by molar-refractivity contribution is -0.383. The Balaban J connectivity index is 1.64. The minimum atomic E-state index is -0.518. The second kappa shape index (κ2) is 6.21. The number of allylic oxidation sites excluding steroid dienone is 2. The predicted molar refractivity (Wildman–Crippen MR) is 93.7 cm³/mol. The molecule has 1 saturated heterocycles. The number of benzene rings is 1. The third kappa shape index (κ3) is 2.40. The van der Waals surface area contributed by atoms with Crippen LogP contribution in [-0.2, 0) is 14.3 Å². The molecule has 2 amide bonds. The number of nitro benzene ring substituents is 1. The van der Waals surface area contributed by atoms with E-state index in [1.807, 2.05) is 12.2 Å². The summed E-state index contributed by atoms with van der Waals surface area (Å²) in [6.45, 7) is 0.818. The number of nitro groups is 1. The Morgan fingerprint density at radius 2 is 1.88 bits per heavy atom. The van der Waals surface area contributed by atoms with Crippen LogP contribution in [0.3, 0.4) is 0 Å². The molecule has 1 aromatic rings. The van der Waals surface area contributed by atoms with Gasteiger partial charge in [0.05, 0.1) is 29.1 Å². The quantitative estimate of drug-likeness (QED) is 0.275. The van der Waals surface area contributed by atoms with Gasteiger partial charge >= 0.3 is 0 Å². The maximum Gasteiger partial charge on any atom is 0.294 e. The Morgan fingerprint density at radius 3 is 2.46 bits per heavy atom. The van der Waals surface area contributed by atoms with Crippen molar-refractivity contribution in [2.75, 3.05) is 30.5 Å². The van der Waals surface area contributed by atoms with Gasteiger partial charge in [-0.25, -0.2) is 4.90 Å². The van der Waals surface area contributed by atoms with Crippen LogP contribution >= 0.6 is 0 Å². The summed E-state index contributed by atoms with van der Waals surface area (Å²) in [6.07, 6.45) is 4.89. The zero-order chi connectivity index (χ0) is 18.4. The Hall–Kier alpha value is -2.74. The van der Waals surface area contributed by atoms with Gasteiger partial charge in [-0.05, 0) is 30.4 Å². The summed E-state index contributed by atoms with van der Waals surface area (Å²) >= 11 is 0. The highest BCUT2D eigenvalue weighted by atomic mass is 16.6. The molecule has 3 aliphatic rings. The SMILES string of the molecule is COCCNc1ccc(N2C(=O)[C@H]3[C@H](C2=O)[C@H]2C=C[C@H]3C2)cc1[N+](=O)[O-]. The highest BCUT2D eigenvalue weighted by Gasteiger charge is 2.59. The minimum absolute atomic E-state index is 0.108. The van der Waals surface area contributed by atoms with E-state index in [0.29, 0.717) is 18.8 Å². The monoisotopic (exact) mass is 357 g/mol. The van der Waals surface area contributed by atoms with Crippen LogP contribution < -0.4 is 10.2 Å². The number of amides is 2. The first-order valence-electron chi connectivity index (χ1n) is 8.60. The fourth-order valence-electron chi connectivity index (χ4n) is 4.40. The zero-order valence-corrected chi connectivity index (χ0v) is 14.3. The van der Waals surface area contributed by atoms with Crippen molar-refractivity contribution in [2.24, 2.45) is 23.7 Å². The number of methoxy groups -OCH3 is 1. The van der Waals surface area contributed by atoms with Gasteiger partial charge in [0.2, 0.25) is 11.8 Å². The van der Waals surface area contributed by atoms with Crippen LogP contribution in [0.1, 0.15) is 6.42 Å². The molecule has 0 unspecified atom stereocenters. The highest BCUT2D eigenvalue weighted by molar-refractivity contribution is 6.23. The summed E-state index contributed by atoms with van der Waals surface area (Å²) in [5.74, 6) is -0.919. The van der Waals surface area contributed by atoms with Crippen LogP contribution in [-0.4, -0.2) is 37.0 Å². The standard InChI is InChI=1S/C18H19N3O5/c1-26-7-6-19-13-5-4-12(9-14(13)21(24)25)20-17(22)15-10-2-3-11(8-10)16(15)18(20)23/h2-5,9-11,15-16,19H,6-8H2,1H3/t10-,11-,15+,16+/m0/s1. The number of hydrogen-bond acceptors (Lipinski definition) is 6. The normalized spacial score (nSPS) is 28.7. The molecule has 8 heteroatoms. The van der Waals surface area contributed by atoms with Crippen LogP contribution in [0.4, 0.5) is 17.1 Å². The van der Waals surface area contributed by atoms with Gasteiger partial charge < -0.3 is 10.1 Å². The van der Waals surface area contributed by atoms with Crippen molar-refractivity contribution < 1.29 is 19.2 Å². The number of ether oxygens (including phenoxy) is 1. The molecule has 136 valence electrons. The van der Waals surface area contributed by atoms with Gasteiger partial charge in [-0.2, -0.15) is 0 Å². The number of hydrogen-bond donors (Lipinski definition) is 1. The lowest BCUT2D eigenvalue weighted by Gasteiger charge is -2.18. The number of carbonyl (C=O) groups excluding carboxylic acids is 2. The molecular formula is C18H19N3O5. The van der Waals surface area contributed by atoms with Crippen LogP contribution in [0.15, 0.2) is 30.4 Å². The van der Waals surface area contributed by atoms with Gasteiger partial charge in [-0.3, -0.25) is 19.7 Å². The number of carbonyl (C=O) groups is 2. The third-order valence-corrected chi connectivity index (χ3v) is 5.53. The van der Waals surface area contributed by atoms with Crippen molar-refractivity contribution in [3.63, 3.8) is 0 Å². The Labute approximate surface area is 150 Å². The average Bonchev–Trinajstić information content (AvgIpc) is 3.29. The van der Waals surface area contributed by atoms with Crippen molar-refractivity contribution in [1.29, 1.82) is 0 Å². The molecule has 0 radical (unpaired) electrons. The Kier molecular flexibility index (Phi) is 3.99. The fraction of sp³-hybridized carbons (Fsp3) is 0.444. The average molecular weight is 357 g/mol. The molecule has 4 rings (SSSR count). The molecule has 2 aliphatic carbocycles. The number of nitrogens with zero attached hydrogens (tertiary/aromatic N) is 2.